The molecular weight excluding hydrogens is 1450 g/mol. The van der Waals surface area contributed by atoms with Crippen LogP contribution in [-0.2, 0) is 55.3 Å². The first kappa shape index (κ1) is 91.8. The zero-order valence-electron chi connectivity index (χ0n) is 54.4. The number of aliphatic hydroxyl groups excluding tert-OH is 3. The quantitative estimate of drug-likeness (QED) is 0.00669. The first-order valence-electron chi connectivity index (χ1n) is 30.2. The molecule has 44 heteroatoms. The van der Waals surface area contributed by atoms with Crippen LogP contribution in [0.2, 0.25) is 0 Å². The second-order valence-electron chi connectivity index (χ2n) is 20.8. The fourth-order valence-electron chi connectivity index (χ4n) is 8.66. The predicted octanol–water partition coefficient (Wildman–Crippen LogP) is 12.1. The molecule has 95 heavy (non-hydrogen) atoms. The largest absolute Gasteiger partial charge is 0.109 e. The van der Waals surface area contributed by atoms with Crippen LogP contribution in [0.1, 0.15) is 175 Å². The molecule has 15 N–H and O–H groups in total. The third kappa shape index (κ3) is 29.2. The molecule has 2 fully saturated rings. The van der Waals surface area contributed by atoms with Crippen LogP contribution in [0.5, 0.6) is 0 Å². The summed E-state index contributed by atoms with van der Waals surface area (Å²) in [6, 6.07) is 6.10. The van der Waals surface area contributed by atoms with E-state index in [9.17, 15) is 52.7 Å². The van der Waals surface area contributed by atoms with E-state index in [4.69, 9.17) is 42.5 Å². The van der Waals surface area contributed by atoms with E-state index in [0.29, 0.717) is 29.6 Å². The number of phosphoric acid groups is 3. The topological polar surface area (TPSA) is 484 Å². The number of ether oxygens (including phenoxy) is 2. The minimum absolute atomic E-state index is 0. The van der Waals surface area contributed by atoms with Gasteiger partial charge in [-0.1, -0.05) is 132 Å². The van der Waals surface area contributed by atoms with E-state index in [1.165, 1.54) is 111 Å². The van der Waals surface area contributed by atoms with E-state index in [0.717, 1.165) is 25.2 Å². The summed E-state index contributed by atoms with van der Waals surface area (Å²) in [5.74, 6) is 0.329. The van der Waals surface area contributed by atoms with E-state index in [1.54, 1.807) is 12.1 Å². The van der Waals surface area contributed by atoms with Crippen molar-refractivity contribution >= 4 is 103 Å². The number of phosphoric ester groups is 1. The summed E-state index contributed by atoms with van der Waals surface area (Å²) in [6.07, 6.45) is 14.2. The average Bonchev–Trinajstić information content (AvgIpc) is 1.49. The first-order chi connectivity index (χ1) is 44.6. The number of nitrogen functional groups attached to an aromatic ring is 2. The van der Waals surface area contributed by atoms with Gasteiger partial charge in [-0.3, -0.25) is 4.52 Å². The van der Waals surface area contributed by atoms with E-state index in [-0.39, 0.29) is 44.8 Å². The van der Waals surface area contributed by atoms with Crippen LogP contribution >= 0.6 is 79.9 Å². The van der Waals surface area contributed by atoms with Crippen LogP contribution in [0.4, 0.5) is 20.4 Å². The van der Waals surface area contributed by atoms with Gasteiger partial charge in [0, 0.05) is 0 Å². The summed E-state index contributed by atoms with van der Waals surface area (Å²) in [4.78, 5) is 55.1. The molecule has 0 spiro atoms. The van der Waals surface area contributed by atoms with Crippen molar-refractivity contribution in [3.63, 3.8) is 0 Å². The predicted molar refractivity (Wildman–Crippen MR) is 375 cm³/mol. The van der Waals surface area contributed by atoms with E-state index in [1.807, 2.05) is 13.8 Å². The molecule has 2 aliphatic rings. The van der Waals surface area contributed by atoms with Crippen LogP contribution in [0.15, 0.2) is 62.2 Å². The Bertz CT molecular complexity index is 3020. The maximum absolute atomic E-state index is 15.0. The van der Waals surface area contributed by atoms with Gasteiger partial charge in [0.25, 0.3) is 0 Å². The molecule has 4 aromatic rings. The molecular formula is C51H102F2N10O22P10. The number of rotatable bonds is 35. The molecule has 0 aliphatic carbocycles. The number of aromatic nitrogens is 6. The summed E-state index contributed by atoms with van der Waals surface area (Å²) in [5.41, 5.74) is 9.03. The Kier molecular flexibility index (Phi) is 44.8. The first-order valence-corrected chi connectivity index (χ1v) is 46.1. The smallest absolute Gasteiger partial charge is 0.0677 e. The number of anilines is 2. The molecule has 7 unspecified atom stereocenters. The van der Waals surface area contributed by atoms with Crippen LogP contribution in [0.3, 0.4) is 0 Å². The number of hydrogen-bond acceptors (Lipinski definition) is 26. The maximum Gasteiger partial charge on any atom is 0.0677 e. The number of unbranched alkanes of at least 4 members (excludes halogenated alkanes) is 12. The number of alkyl halides is 2. The molecule has 6 heterocycles. The number of aliphatic hydroxyl groups is 3. The van der Waals surface area contributed by atoms with Crippen LogP contribution < -0.4 is 26.5 Å². The van der Waals surface area contributed by atoms with Crippen molar-refractivity contribution < 1.29 is 114 Å². The van der Waals surface area contributed by atoms with Gasteiger partial charge in [-0.15, -0.1) is 39.9 Å². The zero-order valence-corrected chi connectivity index (χ0v) is 63.2. The van der Waals surface area contributed by atoms with Crippen LogP contribution in [0.25, 0.3) is 11.0 Å². The molecule has 4 aromatic heterocycles. The maximum atomic E-state index is 15.0. The Morgan fingerprint density at radius 3 is 1.43 bits per heavy atom. The van der Waals surface area contributed by atoms with Crippen molar-refractivity contribution in [2.45, 2.75) is 200 Å². The van der Waals surface area contributed by atoms with Crippen molar-refractivity contribution in [1.29, 1.82) is 1.28 Å². The van der Waals surface area contributed by atoms with Gasteiger partial charge in [0.05, 0.1) is 25.9 Å². The Hall–Kier alpha value is -1.25. The Balaban J connectivity index is 0.00000125. The van der Waals surface area contributed by atoms with Crippen molar-refractivity contribution in [3.05, 3.63) is 73.6 Å². The van der Waals surface area contributed by atoms with Crippen molar-refractivity contribution in [2.24, 2.45) is 0 Å². The second kappa shape index (κ2) is 46.4. The summed E-state index contributed by atoms with van der Waals surface area (Å²) >= 11 is 0. The number of nitrogens with zero attached hydrogens (tertiary/aromatic N) is 6. The van der Waals surface area contributed by atoms with Gasteiger partial charge < -0.3 is 55.8 Å². The molecule has 0 amide bonds. The van der Waals surface area contributed by atoms with Gasteiger partial charge in [-0.2, -0.15) is 18.8 Å². The van der Waals surface area contributed by atoms with Crippen molar-refractivity contribution in [1.82, 2.24) is 39.4 Å². The van der Waals surface area contributed by atoms with Gasteiger partial charge >= 0.3 is 135 Å². The Morgan fingerprint density at radius 1 is 0.747 bits per heavy atom. The third-order valence-corrected chi connectivity index (χ3v) is 34.1. The zero-order chi connectivity index (χ0) is 72.5. The molecule has 552 valence electrons. The molecule has 0 radical (unpaired) electrons. The molecule has 0 bridgehead atoms. The summed E-state index contributed by atoms with van der Waals surface area (Å²) in [5, 5.41) is 63.8. The fourth-order valence-corrected chi connectivity index (χ4v) is 15.4. The van der Waals surface area contributed by atoms with Gasteiger partial charge in [0.15, 0.2) is 24.0 Å². The molecule has 2 aliphatic heterocycles. The Labute approximate surface area is 566 Å². The van der Waals surface area contributed by atoms with Gasteiger partial charge in [-0.25, -0.2) is 41.5 Å². The molecule has 15 atom stereocenters. The van der Waals surface area contributed by atoms with Crippen molar-refractivity contribution in [3.8, 4) is 0 Å². The van der Waals surface area contributed by atoms with Crippen LogP contribution in [0, 0.1) is 0 Å². The fraction of sp³-hybridized carbons (Fsp3) is 0.686. The number of halogens is 2. The molecule has 32 nitrogen and oxygen atoms in total. The van der Waals surface area contributed by atoms with E-state index >= 15 is 4.39 Å². The monoisotopic (exact) mass is 1560 g/mol. The number of nitrogens with one attached hydrogen (secondary N) is 2. The molecule has 0 saturated carbocycles. The van der Waals surface area contributed by atoms with E-state index < -0.39 is 107 Å². The number of fused-ring (bicyclic) bond motifs is 2. The molecule has 0 aromatic carbocycles. The van der Waals surface area contributed by atoms with Gasteiger partial charge in [0.2, 0.25) is 0 Å². The summed E-state index contributed by atoms with van der Waals surface area (Å²) in [7, 11) is -18.1. The van der Waals surface area contributed by atoms with Gasteiger partial charge in [0.1, 0.15) is 59.3 Å². The Morgan fingerprint density at radius 2 is 1.13 bits per heavy atom. The average molecular weight is 1560 g/mol. The SMILES string of the molecule is C.C=C[C@]1(CO)O[C@@H](c2ccc3c(N)ncnn23)[C@H](F)[C@@H]1O.C=C[C@]1(COP(=O)(O)OP(=O)(O)OP(=O)(O)O)O[C@@H](c2ccc3c(N)ncnn23)[C@H](F)[C@@H]1O.CCCCCCCC.CCCCCCCC.CCCCNP(NCCCC)(OO)(OOO)[P+](=O)[O-].[3H]P(P)P(P)P. The number of nitrogens with two attached hydrogens (primary N) is 2. The van der Waals surface area contributed by atoms with Crippen molar-refractivity contribution in [2.75, 3.05) is 37.8 Å². The summed E-state index contributed by atoms with van der Waals surface area (Å²) in [6.45, 7) is 18.3. The minimum atomic E-state index is -5.77. The standard InChI is InChI=1S/C13H18FN4O12P3.C13H15FN4O3.C8H22N2O7P2.2C8H18.CH4.H7P5/c1-2-13(5-27-32(23,24)30-33(25,26)29-31(20,21)22)11(19)9(14)10(28-13)7-3-4-8-12(15)16-6-17-18(7)8;1-2-13(5-19)11(20)9(14)10(21-13)7-3-4-8-12(15)16-6-17-18(7)8;1-3-5-7-9-19(16-12,17-15-11,18(13)14)10-8-6-4-2;2*1-3-5-7-8-6-4-2;;1-4-5(2)3/h2-4,6,9-11,19H,1,5H2,(H,23,24)(H,25,26)(H2,15,16,17)(H2,20,21,22);2-4,6,9-11,19-20H,1,5H2,(H2,15,16,17);9-12H,3-8H2,1-2H3;2*3-8H2,1-2H3;1H4;4H,1-3H2/t2*9-,10-,11-,13+;;;;;/m00...../s1/i;;;;;;4T. The molecule has 6 rings (SSSR count). The van der Waals surface area contributed by atoms with Crippen LogP contribution in [-0.4, -0.2) is 138 Å². The second-order valence-corrected chi connectivity index (χ2v) is 44.5. The minimum Gasteiger partial charge on any atom is -0.109 e. The number of hydrogen-bond donors (Lipinski definition) is 13. The molecule has 2 saturated heterocycles. The third-order valence-electron chi connectivity index (χ3n) is 13.8. The van der Waals surface area contributed by atoms with Gasteiger partial charge in [-0.05, 0) is 31.3 Å². The summed E-state index contributed by atoms with van der Waals surface area (Å²) < 4.78 is 116. The normalized spacial score (nSPS) is 23.1. The van der Waals surface area contributed by atoms with E-state index in [2.05, 4.69) is 126 Å².